The van der Waals surface area contributed by atoms with E-state index in [4.69, 9.17) is 0 Å². The molecule has 1 aromatic heterocycles. The van der Waals surface area contributed by atoms with Crippen molar-refractivity contribution in [3.05, 3.63) is 90.0 Å². The normalized spacial score (nSPS) is 13.5. The quantitative estimate of drug-likeness (QED) is 0.0575. The van der Waals surface area contributed by atoms with Crippen LogP contribution in [0.25, 0.3) is 0 Å². The molecule has 1 heterocycles. The molecule has 0 bridgehead atoms. The minimum Gasteiger partial charge on any atom is -0.247 e. The molecule has 0 aliphatic carbocycles. The van der Waals surface area contributed by atoms with Gasteiger partial charge in [-0.3, -0.25) is 0 Å². The molecule has 2 aromatic carbocycles. The summed E-state index contributed by atoms with van der Waals surface area (Å²) in [5.41, 5.74) is 2.91. The van der Waals surface area contributed by atoms with E-state index in [1.165, 1.54) is 165 Å². The van der Waals surface area contributed by atoms with Crippen molar-refractivity contribution in [3.8, 4) is 0 Å². The van der Waals surface area contributed by atoms with Crippen LogP contribution in [0.2, 0.25) is 0 Å². The topological polar surface area (TPSA) is 19.7 Å². The van der Waals surface area contributed by atoms with Gasteiger partial charge in [-0.2, -0.15) is 0 Å². The summed E-state index contributed by atoms with van der Waals surface area (Å²) in [5.74, 6) is 1.87. The first-order chi connectivity index (χ1) is 23.2. The van der Waals surface area contributed by atoms with Crippen LogP contribution in [0.15, 0.2) is 73.1 Å². The fourth-order valence-corrected chi connectivity index (χ4v) is 7.85. The molecule has 2 atom stereocenters. The number of H-pyrrole nitrogens is 1. The number of aromatic nitrogens is 2. The molecule has 0 amide bonds. The average Bonchev–Trinajstić information content (AvgIpc) is 3.56. The Bertz CT molecular complexity index is 1120. The lowest BCUT2D eigenvalue weighted by Crippen LogP contribution is -2.43. The van der Waals surface area contributed by atoms with Gasteiger partial charge in [0, 0.05) is 5.41 Å². The van der Waals surface area contributed by atoms with Gasteiger partial charge in [-0.25, -0.2) is 9.55 Å². The second-order valence-corrected chi connectivity index (χ2v) is 14.9. The molecule has 0 radical (unpaired) electrons. The van der Waals surface area contributed by atoms with Gasteiger partial charge in [-0.15, -0.1) is 0 Å². The zero-order valence-corrected chi connectivity index (χ0v) is 31.1. The predicted molar refractivity (Wildman–Crippen MR) is 205 cm³/mol. The molecule has 47 heavy (non-hydrogen) atoms. The summed E-state index contributed by atoms with van der Waals surface area (Å²) in [5, 5.41) is 0. The van der Waals surface area contributed by atoms with E-state index >= 15 is 0 Å². The molecule has 0 saturated carbocycles. The molecule has 3 aromatic rings. The summed E-state index contributed by atoms with van der Waals surface area (Å²) in [6.45, 7) is 8.29. The summed E-state index contributed by atoms with van der Waals surface area (Å²) in [6.07, 6.45) is 37.5. The van der Waals surface area contributed by atoms with Crippen LogP contribution < -0.4 is 4.57 Å². The van der Waals surface area contributed by atoms with Crippen molar-refractivity contribution in [1.29, 1.82) is 0 Å². The van der Waals surface area contributed by atoms with E-state index in [-0.39, 0.29) is 5.41 Å². The standard InChI is InChI=1S/C45H72N2/c1-4-6-8-10-12-14-16-17-19-21-23-31-38-47-39-37-46-44(47)43(36-30-22-20-18-15-13-11-9-7-5-2)45(3,42-34-28-25-29-35-42)40-41-32-26-24-27-33-41/h24-29,32-35,37,39,43H,4-23,30-31,36,38,40H2,1-3H3/p+1. The van der Waals surface area contributed by atoms with Gasteiger partial charge in [-0.1, -0.05) is 210 Å². The number of imidazole rings is 1. The Kier molecular flexibility index (Phi) is 20.6. The third kappa shape index (κ3) is 15.2. The minimum atomic E-state index is 0.00499. The van der Waals surface area contributed by atoms with Gasteiger partial charge >= 0.3 is 0 Å². The summed E-state index contributed by atoms with van der Waals surface area (Å²) < 4.78 is 2.59. The van der Waals surface area contributed by atoms with Gasteiger partial charge < -0.3 is 0 Å². The summed E-state index contributed by atoms with van der Waals surface area (Å²) in [6, 6.07) is 22.6. The molecule has 0 spiro atoms. The van der Waals surface area contributed by atoms with Gasteiger partial charge in [0.1, 0.15) is 12.4 Å². The first-order valence-corrected chi connectivity index (χ1v) is 20.3. The highest BCUT2D eigenvalue weighted by Gasteiger charge is 2.41. The molecule has 0 fully saturated rings. The van der Waals surface area contributed by atoms with Crippen LogP contribution in [0.4, 0.5) is 0 Å². The molecule has 0 saturated heterocycles. The minimum absolute atomic E-state index is 0.00499. The third-order valence-corrected chi connectivity index (χ3v) is 10.8. The Labute approximate surface area is 291 Å². The number of hydrogen-bond donors (Lipinski definition) is 1. The number of unbranched alkanes of at least 4 members (excludes halogenated alkanes) is 20. The molecule has 3 rings (SSSR count). The molecular formula is C45H73N2+. The second kappa shape index (κ2) is 24.7. The Morgan fingerprint density at radius 2 is 1.00 bits per heavy atom. The highest BCUT2D eigenvalue weighted by atomic mass is 15.1. The molecule has 1 N–H and O–H groups in total. The van der Waals surface area contributed by atoms with E-state index in [9.17, 15) is 0 Å². The van der Waals surface area contributed by atoms with Crippen molar-refractivity contribution < 1.29 is 4.57 Å². The van der Waals surface area contributed by atoms with Crippen LogP contribution in [0.3, 0.4) is 0 Å². The largest absolute Gasteiger partial charge is 0.258 e. The van der Waals surface area contributed by atoms with Crippen LogP contribution in [0, 0.1) is 0 Å². The van der Waals surface area contributed by atoms with Crippen LogP contribution in [0.1, 0.15) is 191 Å². The zero-order chi connectivity index (χ0) is 33.3. The lowest BCUT2D eigenvalue weighted by Gasteiger charge is -2.37. The maximum atomic E-state index is 3.81. The Morgan fingerprint density at radius 1 is 0.553 bits per heavy atom. The van der Waals surface area contributed by atoms with E-state index in [0.29, 0.717) is 5.92 Å². The number of nitrogens with zero attached hydrogens (tertiary/aromatic N) is 1. The molecule has 0 aliphatic heterocycles. The Balaban J connectivity index is 1.61. The number of aromatic amines is 1. The van der Waals surface area contributed by atoms with Crippen molar-refractivity contribution in [1.82, 2.24) is 4.98 Å². The Morgan fingerprint density at radius 3 is 1.51 bits per heavy atom. The number of nitrogens with one attached hydrogen (secondary N) is 1. The lowest BCUT2D eigenvalue weighted by molar-refractivity contribution is -0.705. The lowest BCUT2D eigenvalue weighted by atomic mass is 9.66. The van der Waals surface area contributed by atoms with Gasteiger partial charge in [0.05, 0.1) is 12.5 Å². The van der Waals surface area contributed by atoms with Gasteiger partial charge in [-0.05, 0) is 36.8 Å². The summed E-state index contributed by atoms with van der Waals surface area (Å²) >= 11 is 0. The fourth-order valence-electron chi connectivity index (χ4n) is 7.85. The SMILES string of the molecule is CCCCCCCCCCCCCC[n+]1cc[nH]c1C(CCCCCCCCCCCC)C(C)(Cc1ccccc1)c1ccccc1. The number of hydrogen-bond acceptors (Lipinski definition) is 0. The molecule has 0 aliphatic rings. The van der Waals surface area contributed by atoms with E-state index < -0.39 is 0 Å². The second-order valence-electron chi connectivity index (χ2n) is 14.9. The predicted octanol–water partition coefficient (Wildman–Crippen LogP) is 13.6. The van der Waals surface area contributed by atoms with Crippen LogP contribution in [0.5, 0.6) is 0 Å². The third-order valence-electron chi connectivity index (χ3n) is 10.8. The molecular weight excluding hydrogens is 569 g/mol. The highest BCUT2D eigenvalue weighted by Crippen LogP contribution is 2.43. The van der Waals surface area contributed by atoms with E-state index in [2.05, 4.69) is 103 Å². The van der Waals surface area contributed by atoms with E-state index in [0.717, 1.165) is 13.0 Å². The van der Waals surface area contributed by atoms with E-state index in [1.807, 2.05) is 0 Å². The monoisotopic (exact) mass is 642 g/mol. The average molecular weight is 642 g/mol. The van der Waals surface area contributed by atoms with Crippen LogP contribution in [-0.2, 0) is 18.4 Å². The summed E-state index contributed by atoms with van der Waals surface area (Å²) in [4.78, 5) is 3.81. The van der Waals surface area contributed by atoms with Crippen molar-refractivity contribution >= 4 is 0 Å². The van der Waals surface area contributed by atoms with Crippen molar-refractivity contribution in [2.45, 2.75) is 193 Å². The smallest absolute Gasteiger partial charge is 0.247 e. The number of aryl methyl sites for hydroxylation is 1. The maximum Gasteiger partial charge on any atom is 0.258 e. The van der Waals surface area contributed by atoms with Gasteiger partial charge in [0.2, 0.25) is 0 Å². The summed E-state index contributed by atoms with van der Waals surface area (Å²) in [7, 11) is 0. The maximum absolute atomic E-state index is 3.81. The molecule has 2 nitrogen and oxygen atoms in total. The first-order valence-electron chi connectivity index (χ1n) is 20.3. The number of benzene rings is 2. The zero-order valence-electron chi connectivity index (χ0n) is 31.1. The van der Waals surface area contributed by atoms with Crippen molar-refractivity contribution in [3.63, 3.8) is 0 Å². The Hall–Kier alpha value is -2.35. The van der Waals surface area contributed by atoms with Crippen molar-refractivity contribution in [2.75, 3.05) is 0 Å². The molecule has 2 unspecified atom stereocenters. The first kappa shape index (κ1) is 39.1. The highest BCUT2D eigenvalue weighted by molar-refractivity contribution is 5.32. The van der Waals surface area contributed by atoms with Gasteiger partial charge in [0.15, 0.2) is 0 Å². The van der Waals surface area contributed by atoms with E-state index in [1.54, 1.807) is 0 Å². The fraction of sp³-hybridized carbons (Fsp3) is 0.667. The van der Waals surface area contributed by atoms with Crippen LogP contribution >= 0.6 is 0 Å². The van der Waals surface area contributed by atoms with Gasteiger partial charge in [0.25, 0.3) is 5.82 Å². The molecule has 262 valence electrons. The van der Waals surface area contributed by atoms with Crippen LogP contribution in [-0.4, -0.2) is 4.98 Å². The van der Waals surface area contributed by atoms with Crippen molar-refractivity contribution in [2.24, 2.45) is 0 Å². The molecule has 2 heteroatoms. The number of rotatable bonds is 29.